The highest BCUT2D eigenvalue weighted by Crippen LogP contribution is 2.34. The van der Waals surface area contributed by atoms with Crippen molar-refractivity contribution in [3.63, 3.8) is 0 Å². The number of carbonyl (C=O) groups excluding carboxylic acids is 1. The molecule has 0 aliphatic rings. The van der Waals surface area contributed by atoms with Crippen molar-refractivity contribution in [2.24, 2.45) is 0 Å². The van der Waals surface area contributed by atoms with Crippen molar-refractivity contribution in [1.82, 2.24) is 5.32 Å². The Balaban J connectivity index is 2.12. The van der Waals surface area contributed by atoms with Crippen LogP contribution in [0.5, 0.6) is 23.0 Å². The predicted molar refractivity (Wildman–Crippen MR) is 102 cm³/mol. The molecule has 0 aliphatic heterocycles. The van der Waals surface area contributed by atoms with Crippen LogP contribution >= 0.6 is 0 Å². The van der Waals surface area contributed by atoms with Crippen molar-refractivity contribution in [2.45, 2.75) is 6.42 Å². The van der Waals surface area contributed by atoms with Crippen LogP contribution in [0, 0.1) is 10.1 Å². The summed E-state index contributed by atoms with van der Waals surface area (Å²) < 4.78 is 20.9. The monoisotopic (exact) mass is 390 g/mol. The molecule has 1 amide bonds. The van der Waals surface area contributed by atoms with Gasteiger partial charge in [-0.3, -0.25) is 14.9 Å². The summed E-state index contributed by atoms with van der Waals surface area (Å²) in [5.41, 5.74) is 0.668. The molecule has 0 bridgehead atoms. The van der Waals surface area contributed by atoms with Crippen LogP contribution in [0.1, 0.15) is 15.9 Å². The van der Waals surface area contributed by atoms with E-state index in [1.165, 1.54) is 39.5 Å². The molecule has 2 aromatic rings. The molecule has 2 rings (SSSR count). The molecule has 0 saturated heterocycles. The minimum atomic E-state index is -0.595. The van der Waals surface area contributed by atoms with E-state index in [0.717, 1.165) is 5.56 Å². The van der Waals surface area contributed by atoms with E-state index >= 15 is 0 Å². The SMILES string of the molecule is COc1cc(OC)c(CCNC(=O)c2ccc(OC)c([N+](=O)[O-])c2)c(OC)c1. The van der Waals surface area contributed by atoms with Crippen molar-refractivity contribution in [3.05, 3.63) is 51.6 Å². The van der Waals surface area contributed by atoms with E-state index in [4.69, 9.17) is 18.9 Å². The highest BCUT2D eigenvalue weighted by Gasteiger charge is 2.18. The van der Waals surface area contributed by atoms with Crippen LogP contribution in [0.15, 0.2) is 30.3 Å². The van der Waals surface area contributed by atoms with Crippen molar-refractivity contribution in [2.75, 3.05) is 35.0 Å². The van der Waals surface area contributed by atoms with Crippen LogP contribution in [-0.2, 0) is 6.42 Å². The number of methoxy groups -OCH3 is 4. The number of nitro groups is 1. The van der Waals surface area contributed by atoms with Crippen LogP contribution in [0.25, 0.3) is 0 Å². The lowest BCUT2D eigenvalue weighted by molar-refractivity contribution is -0.385. The summed E-state index contributed by atoms with van der Waals surface area (Å²) in [5, 5.41) is 13.8. The molecule has 0 aromatic heterocycles. The van der Waals surface area contributed by atoms with E-state index in [-0.39, 0.29) is 23.5 Å². The van der Waals surface area contributed by atoms with Crippen molar-refractivity contribution in [3.8, 4) is 23.0 Å². The number of carbonyl (C=O) groups is 1. The molecule has 9 nitrogen and oxygen atoms in total. The molecule has 0 fully saturated rings. The zero-order chi connectivity index (χ0) is 20.7. The Morgan fingerprint density at radius 3 is 2.07 bits per heavy atom. The number of nitrogens with one attached hydrogen (secondary N) is 1. The second kappa shape index (κ2) is 9.45. The van der Waals surface area contributed by atoms with Gasteiger partial charge in [-0.05, 0) is 18.6 Å². The van der Waals surface area contributed by atoms with Crippen LogP contribution in [0.3, 0.4) is 0 Å². The molecule has 28 heavy (non-hydrogen) atoms. The van der Waals surface area contributed by atoms with Gasteiger partial charge in [0.05, 0.1) is 33.4 Å². The van der Waals surface area contributed by atoms with Gasteiger partial charge in [0.25, 0.3) is 5.91 Å². The Morgan fingerprint density at radius 2 is 1.57 bits per heavy atom. The van der Waals surface area contributed by atoms with Gasteiger partial charge >= 0.3 is 5.69 Å². The Kier molecular flexibility index (Phi) is 7.02. The van der Waals surface area contributed by atoms with Gasteiger partial charge in [-0.1, -0.05) is 0 Å². The third-order valence-electron chi connectivity index (χ3n) is 4.12. The second-order valence-electron chi connectivity index (χ2n) is 5.66. The first-order chi connectivity index (χ1) is 13.4. The second-order valence-corrected chi connectivity index (χ2v) is 5.66. The largest absolute Gasteiger partial charge is 0.496 e. The van der Waals surface area contributed by atoms with E-state index in [1.54, 1.807) is 19.2 Å². The molecular formula is C19H22N2O7. The lowest BCUT2D eigenvalue weighted by atomic mass is 10.1. The van der Waals surface area contributed by atoms with Crippen LogP contribution < -0.4 is 24.3 Å². The standard InChI is InChI=1S/C19H22N2O7/c1-25-13-10-17(27-3)14(18(11-13)28-4)7-8-20-19(22)12-5-6-16(26-2)15(9-12)21(23)24/h5-6,9-11H,7-8H2,1-4H3,(H,20,22). The number of nitrogens with zero attached hydrogens (tertiary/aromatic N) is 1. The minimum absolute atomic E-state index is 0.0919. The third kappa shape index (κ3) is 4.61. The molecule has 0 spiro atoms. The van der Waals surface area contributed by atoms with Crippen molar-refractivity contribution in [1.29, 1.82) is 0 Å². The molecule has 1 N–H and O–H groups in total. The maximum Gasteiger partial charge on any atom is 0.311 e. The average Bonchev–Trinajstić information content (AvgIpc) is 2.72. The number of benzene rings is 2. The number of amides is 1. The fraction of sp³-hybridized carbons (Fsp3) is 0.316. The number of hydrogen-bond donors (Lipinski definition) is 1. The Hall–Kier alpha value is -3.49. The van der Waals surface area contributed by atoms with Gasteiger partial charge < -0.3 is 24.3 Å². The fourth-order valence-corrected chi connectivity index (χ4v) is 2.70. The van der Waals surface area contributed by atoms with Gasteiger partial charge in [0.15, 0.2) is 5.75 Å². The van der Waals surface area contributed by atoms with Crippen LogP contribution in [0.4, 0.5) is 5.69 Å². The Morgan fingerprint density at radius 1 is 0.964 bits per heavy atom. The van der Waals surface area contributed by atoms with Gasteiger partial charge in [-0.25, -0.2) is 0 Å². The summed E-state index contributed by atoms with van der Waals surface area (Å²) in [6.07, 6.45) is 0.431. The summed E-state index contributed by atoms with van der Waals surface area (Å²) in [5.74, 6) is 1.40. The van der Waals surface area contributed by atoms with Gasteiger partial charge in [0.2, 0.25) is 0 Å². The van der Waals surface area contributed by atoms with E-state index in [2.05, 4.69) is 5.32 Å². The maximum atomic E-state index is 12.4. The van der Waals surface area contributed by atoms with Gasteiger partial charge in [0, 0.05) is 35.9 Å². The molecule has 0 radical (unpaired) electrons. The number of hydrogen-bond acceptors (Lipinski definition) is 7. The smallest absolute Gasteiger partial charge is 0.311 e. The topological polar surface area (TPSA) is 109 Å². The summed E-state index contributed by atoms with van der Waals surface area (Å²) in [7, 11) is 5.94. The average molecular weight is 390 g/mol. The third-order valence-corrected chi connectivity index (χ3v) is 4.12. The highest BCUT2D eigenvalue weighted by molar-refractivity contribution is 5.95. The van der Waals surface area contributed by atoms with Gasteiger partial charge in [0.1, 0.15) is 17.2 Å². The van der Waals surface area contributed by atoms with Crippen molar-refractivity contribution < 1.29 is 28.7 Å². The fourth-order valence-electron chi connectivity index (χ4n) is 2.70. The summed E-state index contributed by atoms with van der Waals surface area (Å²) >= 11 is 0. The molecule has 0 heterocycles. The molecule has 0 saturated carbocycles. The first-order valence-corrected chi connectivity index (χ1v) is 8.34. The first kappa shape index (κ1) is 20.8. The molecule has 0 atom stereocenters. The number of ether oxygens (including phenoxy) is 4. The quantitative estimate of drug-likeness (QED) is 0.518. The molecule has 150 valence electrons. The van der Waals surface area contributed by atoms with Crippen molar-refractivity contribution >= 4 is 11.6 Å². The molecule has 0 aliphatic carbocycles. The van der Waals surface area contributed by atoms with Gasteiger partial charge in [-0.2, -0.15) is 0 Å². The van der Waals surface area contributed by atoms with E-state index in [0.29, 0.717) is 23.7 Å². The first-order valence-electron chi connectivity index (χ1n) is 8.34. The normalized spacial score (nSPS) is 10.1. The van der Waals surface area contributed by atoms with Crippen LogP contribution in [0.2, 0.25) is 0 Å². The molecule has 2 aromatic carbocycles. The summed E-state index contributed by atoms with van der Waals surface area (Å²) in [6, 6.07) is 7.50. The summed E-state index contributed by atoms with van der Waals surface area (Å²) in [6.45, 7) is 0.276. The van der Waals surface area contributed by atoms with E-state index < -0.39 is 10.8 Å². The molecular weight excluding hydrogens is 368 g/mol. The lowest BCUT2D eigenvalue weighted by Crippen LogP contribution is -2.26. The number of rotatable bonds is 9. The minimum Gasteiger partial charge on any atom is -0.496 e. The number of nitro benzene ring substituents is 1. The maximum absolute atomic E-state index is 12.4. The molecule has 9 heteroatoms. The molecule has 0 unspecified atom stereocenters. The Bertz CT molecular complexity index is 842. The van der Waals surface area contributed by atoms with Crippen LogP contribution in [-0.4, -0.2) is 45.8 Å². The zero-order valence-corrected chi connectivity index (χ0v) is 16.1. The Labute approximate surface area is 162 Å². The van der Waals surface area contributed by atoms with E-state index in [1.807, 2.05) is 0 Å². The van der Waals surface area contributed by atoms with Gasteiger partial charge in [-0.15, -0.1) is 0 Å². The highest BCUT2D eigenvalue weighted by atomic mass is 16.6. The predicted octanol–water partition coefficient (Wildman–Crippen LogP) is 2.60. The summed E-state index contributed by atoms with van der Waals surface area (Å²) in [4.78, 5) is 22.9. The zero-order valence-electron chi connectivity index (χ0n) is 16.1. The lowest BCUT2D eigenvalue weighted by Gasteiger charge is -2.15. The van der Waals surface area contributed by atoms with E-state index in [9.17, 15) is 14.9 Å².